The SMILES string of the molecule is COCc1cccc(Cl)c1CC(=O)O. The molecule has 0 heterocycles. The van der Waals surface area contributed by atoms with E-state index >= 15 is 0 Å². The fraction of sp³-hybridized carbons (Fsp3) is 0.300. The van der Waals surface area contributed by atoms with E-state index in [9.17, 15) is 4.79 Å². The number of ether oxygens (including phenoxy) is 1. The molecule has 0 spiro atoms. The van der Waals surface area contributed by atoms with Gasteiger partial charge in [-0.25, -0.2) is 0 Å². The van der Waals surface area contributed by atoms with Crippen LogP contribution in [0.3, 0.4) is 0 Å². The van der Waals surface area contributed by atoms with Crippen molar-refractivity contribution in [2.75, 3.05) is 7.11 Å². The number of carbonyl (C=O) groups is 1. The van der Waals surface area contributed by atoms with Gasteiger partial charge in [-0.15, -0.1) is 0 Å². The third-order valence-electron chi connectivity index (χ3n) is 1.84. The maximum Gasteiger partial charge on any atom is 0.307 e. The van der Waals surface area contributed by atoms with E-state index in [1.165, 1.54) is 0 Å². The van der Waals surface area contributed by atoms with Crippen LogP contribution in [0.1, 0.15) is 11.1 Å². The van der Waals surface area contributed by atoms with E-state index in [1.54, 1.807) is 19.2 Å². The van der Waals surface area contributed by atoms with E-state index in [0.717, 1.165) is 5.56 Å². The van der Waals surface area contributed by atoms with E-state index in [0.29, 0.717) is 17.2 Å². The van der Waals surface area contributed by atoms with Crippen molar-refractivity contribution in [3.8, 4) is 0 Å². The molecule has 0 fully saturated rings. The van der Waals surface area contributed by atoms with Crippen LogP contribution in [-0.4, -0.2) is 18.2 Å². The molecule has 1 aromatic rings. The molecule has 1 N–H and O–H groups in total. The Balaban J connectivity index is 3.02. The molecular weight excluding hydrogens is 204 g/mol. The number of benzene rings is 1. The Morgan fingerprint density at radius 2 is 2.29 bits per heavy atom. The molecule has 0 saturated heterocycles. The third kappa shape index (κ3) is 2.72. The van der Waals surface area contributed by atoms with Crippen LogP contribution in [0, 0.1) is 0 Å². The highest BCUT2D eigenvalue weighted by atomic mass is 35.5. The van der Waals surface area contributed by atoms with Crippen LogP contribution in [-0.2, 0) is 22.6 Å². The van der Waals surface area contributed by atoms with Crippen molar-refractivity contribution in [1.82, 2.24) is 0 Å². The Bertz CT molecular complexity index is 336. The zero-order chi connectivity index (χ0) is 10.6. The van der Waals surface area contributed by atoms with Crippen molar-refractivity contribution in [1.29, 1.82) is 0 Å². The van der Waals surface area contributed by atoms with Crippen molar-refractivity contribution in [3.05, 3.63) is 34.3 Å². The molecule has 0 saturated carbocycles. The minimum absolute atomic E-state index is 0.0711. The van der Waals surface area contributed by atoms with Crippen LogP contribution in [0.2, 0.25) is 5.02 Å². The van der Waals surface area contributed by atoms with Crippen molar-refractivity contribution in [2.45, 2.75) is 13.0 Å². The molecule has 3 nitrogen and oxygen atoms in total. The van der Waals surface area contributed by atoms with Gasteiger partial charge in [-0.05, 0) is 17.2 Å². The van der Waals surface area contributed by atoms with Gasteiger partial charge in [0.15, 0.2) is 0 Å². The van der Waals surface area contributed by atoms with E-state index in [2.05, 4.69) is 0 Å². The van der Waals surface area contributed by atoms with Crippen LogP contribution in [0.5, 0.6) is 0 Å². The highest BCUT2D eigenvalue weighted by molar-refractivity contribution is 6.31. The van der Waals surface area contributed by atoms with Gasteiger partial charge in [0.2, 0.25) is 0 Å². The summed E-state index contributed by atoms with van der Waals surface area (Å²) in [5, 5.41) is 9.16. The molecule has 0 aliphatic heterocycles. The zero-order valence-electron chi connectivity index (χ0n) is 7.79. The Labute approximate surface area is 87.3 Å². The lowest BCUT2D eigenvalue weighted by atomic mass is 10.1. The molecular formula is C10H11ClO3. The molecule has 0 aliphatic carbocycles. The first kappa shape index (κ1) is 11.0. The maximum atomic E-state index is 10.6. The molecule has 0 aromatic heterocycles. The molecule has 1 rings (SSSR count). The van der Waals surface area contributed by atoms with Gasteiger partial charge in [0, 0.05) is 12.1 Å². The smallest absolute Gasteiger partial charge is 0.307 e. The summed E-state index contributed by atoms with van der Waals surface area (Å²) in [6, 6.07) is 5.27. The molecule has 0 atom stereocenters. The molecule has 76 valence electrons. The van der Waals surface area contributed by atoms with Gasteiger partial charge in [-0.2, -0.15) is 0 Å². The first-order chi connectivity index (χ1) is 6.65. The first-order valence-corrected chi connectivity index (χ1v) is 4.50. The number of halogens is 1. The minimum Gasteiger partial charge on any atom is -0.481 e. The largest absolute Gasteiger partial charge is 0.481 e. The Morgan fingerprint density at radius 1 is 1.57 bits per heavy atom. The Hall–Kier alpha value is -1.06. The number of hydrogen-bond donors (Lipinski definition) is 1. The normalized spacial score (nSPS) is 10.1. The summed E-state index contributed by atoms with van der Waals surface area (Å²) in [6.07, 6.45) is -0.0711. The summed E-state index contributed by atoms with van der Waals surface area (Å²) in [6.45, 7) is 0.378. The Kier molecular flexibility index (Phi) is 3.92. The molecule has 0 bridgehead atoms. The number of rotatable bonds is 4. The van der Waals surface area contributed by atoms with Crippen molar-refractivity contribution < 1.29 is 14.6 Å². The lowest BCUT2D eigenvalue weighted by Gasteiger charge is -2.08. The van der Waals surface area contributed by atoms with E-state index < -0.39 is 5.97 Å². The molecule has 0 aliphatic rings. The van der Waals surface area contributed by atoms with Crippen LogP contribution >= 0.6 is 11.6 Å². The van der Waals surface area contributed by atoms with Gasteiger partial charge < -0.3 is 9.84 Å². The molecule has 4 heteroatoms. The minimum atomic E-state index is -0.893. The topological polar surface area (TPSA) is 46.5 Å². The zero-order valence-corrected chi connectivity index (χ0v) is 8.54. The predicted molar refractivity (Wildman–Crippen MR) is 53.5 cm³/mol. The van der Waals surface area contributed by atoms with Gasteiger partial charge >= 0.3 is 5.97 Å². The summed E-state index contributed by atoms with van der Waals surface area (Å²) in [4.78, 5) is 10.6. The van der Waals surface area contributed by atoms with E-state index in [1.807, 2.05) is 6.07 Å². The predicted octanol–water partition coefficient (Wildman–Crippen LogP) is 2.11. The summed E-state index contributed by atoms with van der Waals surface area (Å²) in [5.74, 6) is -0.893. The quantitative estimate of drug-likeness (QED) is 0.835. The average Bonchev–Trinajstić information content (AvgIpc) is 2.11. The lowest BCUT2D eigenvalue weighted by molar-refractivity contribution is -0.136. The number of aliphatic carboxylic acids is 1. The summed E-state index contributed by atoms with van der Waals surface area (Å²) < 4.78 is 4.95. The molecule has 0 amide bonds. The summed E-state index contributed by atoms with van der Waals surface area (Å²) in [5.41, 5.74) is 1.45. The fourth-order valence-electron chi connectivity index (χ4n) is 1.24. The van der Waals surface area contributed by atoms with Crippen LogP contribution in [0.25, 0.3) is 0 Å². The average molecular weight is 215 g/mol. The second-order valence-electron chi connectivity index (χ2n) is 2.88. The standard InChI is InChI=1S/C10H11ClO3/c1-14-6-7-3-2-4-9(11)8(7)5-10(12)13/h2-4H,5-6H2,1H3,(H,12,13). The van der Waals surface area contributed by atoms with Crippen molar-refractivity contribution in [2.24, 2.45) is 0 Å². The van der Waals surface area contributed by atoms with E-state index in [-0.39, 0.29) is 6.42 Å². The first-order valence-electron chi connectivity index (χ1n) is 4.12. The van der Waals surface area contributed by atoms with Crippen molar-refractivity contribution in [3.63, 3.8) is 0 Å². The number of carboxylic acid groups (broad SMARTS) is 1. The van der Waals surface area contributed by atoms with Crippen molar-refractivity contribution >= 4 is 17.6 Å². The number of carboxylic acids is 1. The van der Waals surface area contributed by atoms with Gasteiger partial charge in [0.05, 0.1) is 13.0 Å². The second kappa shape index (κ2) is 4.98. The van der Waals surface area contributed by atoms with Crippen LogP contribution in [0.4, 0.5) is 0 Å². The summed E-state index contributed by atoms with van der Waals surface area (Å²) >= 11 is 5.89. The number of methoxy groups -OCH3 is 1. The molecule has 0 radical (unpaired) electrons. The van der Waals surface area contributed by atoms with E-state index in [4.69, 9.17) is 21.4 Å². The monoisotopic (exact) mass is 214 g/mol. The van der Waals surface area contributed by atoms with Gasteiger partial charge in [0.25, 0.3) is 0 Å². The highest BCUT2D eigenvalue weighted by Gasteiger charge is 2.10. The third-order valence-corrected chi connectivity index (χ3v) is 2.20. The highest BCUT2D eigenvalue weighted by Crippen LogP contribution is 2.21. The fourth-order valence-corrected chi connectivity index (χ4v) is 1.50. The Morgan fingerprint density at radius 3 is 2.86 bits per heavy atom. The van der Waals surface area contributed by atoms with Gasteiger partial charge in [-0.1, -0.05) is 23.7 Å². The molecule has 14 heavy (non-hydrogen) atoms. The maximum absolute atomic E-state index is 10.6. The second-order valence-corrected chi connectivity index (χ2v) is 3.29. The molecule has 0 unspecified atom stereocenters. The van der Waals surface area contributed by atoms with Crippen LogP contribution < -0.4 is 0 Å². The number of hydrogen-bond acceptors (Lipinski definition) is 2. The van der Waals surface area contributed by atoms with Crippen LogP contribution in [0.15, 0.2) is 18.2 Å². The van der Waals surface area contributed by atoms with Gasteiger partial charge in [0.1, 0.15) is 0 Å². The summed E-state index contributed by atoms with van der Waals surface area (Å²) in [7, 11) is 1.56. The lowest BCUT2D eigenvalue weighted by Crippen LogP contribution is -2.05. The van der Waals surface area contributed by atoms with Gasteiger partial charge in [-0.3, -0.25) is 4.79 Å². The molecule has 1 aromatic carbocycles.